The normalized spacial score (nSPS) is 15.1. The Balaban J connectivity index is 2.21. The summed E-state index contributed by atoms with van der Waals surface area (Å²) in [4.78, 5) is 12.6. The van der Waals surface area contributed by atoms with Gasteiger partial charge in [0.25, 0.3) is 0 Å². The molecule has 1 aromatic rings. The Morgan fingerprint density at radius 3 is 2.58 bits per heavy atom. The summed E-state index contributed by atoms with van der Waals surface area (Å²) in [5.41, 5.74) is 0.948. The van der Waals surface area contributed by atoms with Crippen molar-refractivity contribution in [3.8, 4) is 0 Å². The predicted octanol–water partition coefficient (Wildman–Crippen LogP) is 1.02. The fraction of sp³-hybridized carbons (Fsp3) is 0.364. The highest BCUT2D eigenvalue weighted by Gasteiger charge is 2.20. The zero-order chi connectivity index (χ0) is 14.0. The van der Waals surface area contributed by atoms with E-state index in [1.165, 1.54) is 12.1 Å². The quantitative estimate of drug-likeness (QED) is 0.829. The number of benzene rings is 1. The van der Waals surface area contributed by atoms with E-state index in [-0.39, 0.29) is 4.90 Å². The van der Waals surface area contributed by atoms with E-state index in [0.717, 1.165) is 25.2 Å². The van der Waals surface area contributed by atoms with Gasteiger partial charge in [0.15, 0.2) is 0 Å². The molecule has 0 aromatic heterocycles. The van der Waals surface area contributed by atoms with Gasteiger partial charge >= 0.3 is 5.97 Å². The second-order valence-electron chi connectivity index (χ2n) is 4.17. The molecule has 0 radical (unpaired) electrons. The summed E-state index contributed by atoms with van der Waals surface area (Å²) in [6, 6.07) is 4.68. The van der Waals surface area contributed by atoms with Gasteiger partial charge in [0.1, 0.15) is 6.54 Å². The summed E-state index contributed by atoms with van der Waals surface area (Å²) in [6.45, 7) is 1.29. The molecule has 0 aliphatic carbocycles. The lowest BCUT2D eigenvalue weighted by molar-refractivity contribution is -0.135. The van der Waals surface area contributed by atoms with Crippen LogP contribution in [-0.4, -0.2) is 39.1 Å². The van der Waals surface area contributed by atoms with Crippen molar-refractivity contribution in [1.29, 1.82) is 0 Å². The first-order valence-electron chi connectivity index (χ1n) is 5.66. The van der Waals surface area contributed by atoms with Gasteiger partial charge in [-0.1, -0.05) is 0 Å². The zero-order valence-electron chi connectivity index (χ0n) is 9.97. The van der Waals surface area contributed by atoms with Crippen molar-refractivity contribution in [3.63, 3.8) is 0 Å². The Bertz CT molecular complexity index is 599. The Morgan fingerprint density at radius 1 is 1.42 bits per heavy atom. The fourth-order valence-corrected chi connectivity index (χ4v) is 3.49. The number of carboxylic acid groups (broad SMARTS) is 1. The summed E-state index contributed by atoms with van der Waals surface area (Å²) in [5.74, 6) is -1.22. The second kappa shape index (κ2) is 5.48. The second-order valence-corrected chi connectivity index (χ2v) is 6.79. The minimum absolute atomic E-state index is 0.0462. The van der Waals surface area contributed by atoms with Crippen LogP contribution in [0.15, 0.2) is 27.6 Å². The van der Waals surface area contributed by atoms with Gasteiger partial charge in [-0.2, -0.15) is 4.72 Å². The highest BCUT2D eigenvalue weighted by Crippen LogP contribution is 2.31. The fourth-order valence-electron chi connectivity index (χ4n) is 1.71. The molecule has 1 saturated heterocycles. The summed E-state index contributed by atoms with van der Waals surface area (Å²) in [5, 5.41) is 8.49. The number of aliphatic carboxylic acids is 1. The molecule has 1 aromatic carbocycles. The van der Waals surface area contributed by atoms with Crippen molar-refractivity contribution in [3.05, 3.63) is 22.7 Å². The molecule has 104 valence electrons. The van der Waals surface area contributed by atoms with Crippen molar-refractivity contribution < 1.29 is 18.3 Å². The van der Waals surface area contributed by atoms with Crippen LogP contribution in [0, 0.1) is 0 Å². The first-order chi connectivity index (χ1) is 8.90. The van der Waals surface area contributed by atoms with E-state index in [1.807, 2.05) is 4.72 Å². The summed E-state index contributed by atoms with van der Waals surface area (Å²) >= 11 is 3.34. The van der Waals surface area contributed by atoms with Crippen molar-refractivity contribution in [2.45, 2.75) is 11.3 Å². The number of nitrogens with one attached hydrogen (secondary N) is 1. The van der Waals surface area contributed by atoms with Gasteiger partial charge in [-0.15, -0.1) is 0 Å². The van der Waals surface area contributed by atoms with E-state index >= 15 is 0 Å². The molecule has 0 unspecified atom stereocenters. The number of hydrogen-bond donors (Lipinski definition) is 2. The third kappa shape index (κ3) is 3.26. The summed E-state index contributed by atoms with van der Waals surface area (Å²) in [7, 11) is -3.79. The third-order valence-electron chi connectivity index (χ3n) is 2.84. The van der Waals surface area contributed by atoms with Gasteiger partial charge in [0.2, 0.25) is 10.0 Å². The average Bonchev–Trinajstić information content (AvgIpc) is 2.27. The predicted molar refractivity (Wildman–Crippen MR) is 73.8 cm³/mol. The number of sulfonamides is 1. The lowest BCUT2D eigenvalue weighted by Gasteiger charge is -2.34. The molecule has 8 heteroatoms. The maximum atomic E-state index is 11.8. The molecule has 1 heterocycles. The van der Waals surface area contributed by atoms with Crippen molar-refractivity contribution in [2.24, 2.45) is 0 Å². The minimum atomic E-state index is -3.79. The van der Waals surface area contributed by atoms with Crippen molar-refractivity contribution in [2.75, 3.05) is 24.5 Å². The molecule has 0 spiro atoms. The van der Waals surface area contributed by atoms with Gasteiger partial charge in [-0.05, 0) is 40.5 Å². The van der Waals surface area contributed by atoms with E-state index < -0.39 is 22.5 Å². The molecule has 1 fully saturated rings. The van der Waals surface area contributed by atoms with E-state index in [2.05, 4.69) is 20.8 Å². The molecule has 0 amide bonds. The van der Waals surface area contributed by atoms with E-state index in [1.54, 1.807) is 6.07 Å². The van der Waals surface area contributed by atoms with Gasteiger partial charge in [0, 0.05) is 17.6 Å². The van der Waals surface area contributed by atoms with Gasteiger partial charge in [0.05, 0.1) is 10.6 Å². The van der Waals surface area contributed by atoms with Crippen LogP contribution in [-0.2, 0) is 14.8 Å². The van der Waals surface area contributed by atoms with Crippen molar-refractivity contribution in [1.82, 2.24) is 4.72 Å². The number of rotatable bonds is 5. The number of anilines is 1. The van der Waals surface area contributed by atoms with Gasteiger partial charge in [-0.25, -0.2) is 8.42 Å². The van der Waals surface area contributed by atoms with Crippen LogP contribution in [0.5, 0.6) is 0 Å². The van der Waals surface area contributed by atoms with Crippen LogP contribution in [0.2, 0.25) is 0 Å². The molecule has 6 nitrogen and oxygen atoms in total. The number of halogens is 1. The Morgan fingerprint density at radius 2 is 2.11 bits per heavy atom. The van der Waals surface area contributed by atoms with Crippen LogP contribution in [0.25, 0.3) is 0 Å². The number of carbonyl (C=O) groups is 1. The van der Waals surface area contributed by atoms with Crippen LogP contribution in [0.3, 0.4) is 0 Å². The van der Waals surface area contributed by atoms with Crippen LogP contribution >= 0.6 is 15.9 Å². The van der Waals surface area contributed by atoms with E-state index in [9.17, 15) is 13.2 Å². The number of hydrogen-bond acceptors (Lipinski definition) is 4. The minimum Gasteiger partial charge on any atom is -0.480 e. The Kier molecular flexibility index (Phi) is 4.12. The SMILES string of the molecule is O=C(O)CNS(=O)(=O)c1ccc(N2CCC2)c(Br)c1. The van der Waals surface area contributed by atoms with Gasteiger partial charge in [-0.3, -0.25) is 4.79 Å². The largest absolute Gasteiger partial charge is 0.480 e. The molecule has 0 atom stereocenters. The molecule has 19 heavy (non-hydrogen) atoms. The van der Waals surface area contributed by atoms with E-state index in [4.69, 9.17) is 5.11 Å². The third-order valence-corrected chi connectivity index (χ3v) is 4.87. The smallest absolute Gasteiger partial charge is 0.318 e. The number of carboxylic acids is 1. The zero-order valence-corrected chi connectivity index (χ0v) is 12.4. The molecule has 1 aliphatic heterocycles. The Labute approximate surface area is 119 Å². The van der Waals surface area contributed by atoms with Crippen LogP contribution < -0.4 is 9.62 Å². The monoisotopic (exact) mass is 348 g/mol. The van der Waals surface area contributed by atoms with E-state index in [0.29, 0.717) is 4.47 Å². The highest BCUT2D eigenvalue weighted by molar-refractivity contribution is 9.10. The Hall–Kier alpha value is -1.12. The summed E-state index contributed by atoms with van der Waals surface area (Å²) < 4.78 is 26.4. The first kappa shape index (κ1) is 14.3. The molecular formula is C11H13BrN2O4S. The number of nitrogens with zero attached hydrogens (tertiary/aromatic N) is 1. The average molecular weight is 349 g/mol. The molecular weight excluding hydrogens is 336 g/mol. The molecule has 0 bridgehead atoms. The van der Waals surface area contributed by atoms with Gasteiger partial charge < -0.3 is 10.0 Å². The molecule has 0 saturated carbocycles. The topological polar surface area (TPSA) is 86.7 Å². The molecule has 2 rings (SSSR count). The highest BCUT2D eigenvalue weighted by atomic mass is 79.9. The molecule has 1 aliphatic rings. The maximum Gasteiger partial charge on any atom is 0.318 e. The lowest BCUT2D eigenvalue weighted by Crippen LogP contribution is -2.37. The first-order valence-corrected chi connectivity index (χ1v) is 7.94. The van der Waals surface area contributed by atoms with Crippen LogP contribution in [0.4, 0.5) is 5.69 Å². The molecule has 2 N–H and O–H groups in total. The van der Waals surface area contributed by atoms with Crippen molar-refractivity contribution >= 4 is 37.6 Å². The standard InChI is InChI=1S/C11H13BrN2O4S/c12-9-6-8(19(17,18)13-7-11(15)16)2-3-10(9)14-4-1-5-14/h2-3,6,13H,1,4-5,7H2,(H,15,16). The lowest BCUT2D eigenvalue weighted by atomic mass is 10.2. The van der Waals surface area contributed by atoms with Crippen LogP contribution in [0.1, 0.15) is 6.42 Å². The maximum absolute atomic E-state index is 11.8. The summed E-state index contributed by atoms with van der Waals surface area (Å²) in [6.07, 6.45) is 1.13.